The Morgan fingerprint density at radius 1 is 1.12 bits per heavy atom. The van der Waals surface area contributed by atoms with Crippen molar-refractivity contribution in [2.75, 3.05) is 6.54 Å². The lowest BCUT2D eigenvalue weighted by Gasteiger charge is -2.32. The number of Topliss-reactive ketones (excluding diaryl/α,β-unsaturated/α-hetero) is 1. The fourth-order valence-corrected chi connectivity index (χ4v) is 2.83. The van der Waals surface area contributed by atoms with Crippen LogP contribution < -0.4 is 0 Å². The van der Waals surface area contributed by atoms with Gasteiger partial charge in [0, 0.05) is 12.0 Å². The predicted molar refractivity (Wildman–Crippen MR) is 68.4 cm³/mol. The minimum absolute atomic E-state index is 0.158. The summed E-state index contributed by atoms with van der Waals surface area (Å²) in [6.45, 7) is 14.0. The summed E-state index contributed by atoms with van der Waals surface area (Å²) in [5.41, 5.74) is 0. The van der Waals surface area contributed by atoms with E-state index in [-0.39, 0.29) is 12.0 Å². The first-order valence-corrected chi connectivity index (χ1v) is 6.65. The highest BCUT2D eigenvalue weighted by Crippen LogP contribution is 2.33. The van der Waals surface area contributed by atoms with Gasteiger partial charge in [-0.25, -0.2) is 0 Å². The second kappa shape index (κ2) is 5.31. The van der Waals surface area contributed by atoms with Crippen molar-refractivity contribution in [1.29, 1.82) is 0 Å². The number of ketones is 1. The van der Waals surface area contributed by atoms with Gasteiger partial charge in [-0.2, -0.15) is 0 Å². The summed E-state index contributed by atoms with van der Waals surface area (Å²) in [4.78, 5) is 14.7. The van der Waals surface area contributed by atoms with Crippen LogP contribution >= 0.6 is 0 Å². The average molecular weight is 225 g/mol. The molecule has 94 valence electrons. The van der Waals surface area contributed by atoms with Crippen molar-refractivity contribution in [3.63, 3.8) is 0 Å². The minimum Gasteiger partial charge on any atom is -0.298 e. The molecule has 1 heterocycles. The van der Waals surface area contributed by atoms with Gasteiger partial charge >= 0.3 is 0 Å². The van der Waals surface area contributed by atoms with Gasteiger partial charge in [0.2, 0.25) is 0 Å². The van der Waals surface area contributed by atoms with Crippen LogP contribution in [0.25, 0.3) is 0 Å². The Hall–Kier alpha value is -0.370. The van der Waals surface area contributed by atoms with E-state index in [0.29, 0.717) is 23.7 Å². The van der Waals surface area contributed by atoms with Crippen molar-refractivity contribution >= 4 is 5.78 Å². The van der Waals surface area contributed by atoms with E-state index in [0.717, 1.165) is 6.54 Å². The summed E-state index contributed by atoms with van der Waals surface area (Å²) < 4.78 is 0. The molecule has 1 saturated heterocycles. The van der Waals surface area contributed by atoms with Crippen LogP contribution in [0.1, 0.15) is 48.0 Å². The van der Waals surface area contributed by atoms with Crippen LogP contribution in [-0.2, 0) is 4.79 Å². The van der Waals surface area contributed by atoms with Crippen LogP contribution in [0.15, 0.2) is 0 Å². The molecule has 2 atom stereocenters. The van der Waals surface area contributed by atoms with E-state index in [9.17, 15) is 4.79 Å². The molecule has 1 rings (SSSR count). The average Bonchev–Trinajstić information content (AvgIpc) is 2.59. The minimum atomic E-state index is 0.158. The summed E-state index contributed by atoms with van der Waals surface area (Å²) >= 11 is 0. The van der Waals surface area contributed by atoms with E-state index in [4.69, 9.17) is 0 Å². The number of carbonyl (C=O) groups excluding carboxylic acids is 1. The Morgan fingerprint density at radius 3 is 2.06 bits per heavy atom. The molecule has 0 aliphatic carbocycles. The molecule has 16 heavy (non-hydrogen) atoms. The molecule has 0 unspecified atom stereocenters. The van der Waals surface area contributed by atoms with Gasteiger partial charge in [0.1, 0.15) is 0 Å². The van der Waals surface area contributed by atoms with Crippen molar-refractivity contribution < 1.29 is 4.79 Å². The summed E-state index contributed by atoms with van der Waals surface area (Å²) in [5.74, 6) is 1.75. The zero-order chi connectivity index (χ0) is 12.5. The number of rotatable bonds is 4. The van der Waals surface area contributed by atoms with Gasteiger partial charge in [-0.15, -0.1) is 0 Å². The van der Waals surface area contributed by atoms with E-state index in [1.165, 1.54) is 6.42 Å². The standard InChI is InChI=1S/C14H27NO/c1-9(2)12-7-8-15(11(5)6)13(12)14(16)10(3)4/h9-13H,7-8H2,1-6H3/t12-,13-/m0/s1. The fraction of sp³-hybridized carbons (Fsp3) is 0.929. The Morgan fingerprint density at radius 2 is 1.69 bits per heavy atom. The number of carbonyl (C=O) groups is 1. The molecule has 0 aromatic heterocycles. The SMILES string of the molecule is CC(C)C(=O)[C@@H]1[C@H](C(C)C)CCN1C(C)C. The maximum absolute atomic E-state index is 12.3. The molecule has 1 aliphatic heterocycles. The Labute approximate surface area is 100 Å². The molecule has 0 aromatic carbocycles. The van der Waals surface area contributed by atoms with Crippen molar-refractivity contribution in [3.8, 4) is 0 Å². The molecular formula is C14H27NO. The van der Waals surface area contributed by atoms with Gasteiger partial charge in [-0.3, -0.25) is 9.69 Å². The summed E-state index contributed by atoms with van der Waals surface area (Å²) in [7, 11) is 0. The molecule has 0 saturated carbocycles. The van der Waals surface area contributed by atoms with E-state index in [2.05, 4.69) is 32.6 Å². The zero-order valence-electron chi connectivity index (χ0n) is 11.7. The quantitative estimate of drug-likeness (QED) is 0.733. The molecule has 2 nitrogen and oxygen atoms in total. The van der Waals surface area contributed by atoms with Crippen LogP contribution in [0, 0.1) is 17.8 Å². The van der Waals surface area contributed by atoms with Crippen molar-refractivity contribution in [1.82, 2.24) is 4.90 Å². The lowest BCUT2D eigenvalue weighted by Crippen LogP contribution is -2.46. The molecule has 0 radical (unpaired) electrons. The van der Waals surface area contributed by atoms with Crippen LogP contribution in [0.4, 0.5) is 0 Å². The second-order valence-corrected chi connectivity index (χ2v) is 6.03. The fourth-order valence-electron chi connectivity index (χ4n) is 2.83. The van der Waals surface area contributed by atoms with Crippen LogP contribution in [-0.4, -0.2) is 29.3 Å². The van der Waals surface area contributed by atoms with Gasteiger partial charge < -0.3 is 0 Å². The van der Waals surface area contributed by atoms with E-state index in [1.807, 2.05) is 13.8 Å². The topological polar surface area (TPSA) is 20.3 Å². The summed E-state index contributed by atoms with van der Waals surface area (Å²) in [6, 6.07) is 0.649. The summed E-state index contributed by atoms with van der Waals surface area (Å²) in [6.07, 6.45) is 1.18. The molecule has 0 bridgehead atoms. The number of nitrogens with zero attached hydrogens (tertiary/aromatic N) is 1. The first kappa shape index (κ1) is 13.7. The Balaban J connectivity index is 2.89. The normalized spacial score (nSPS) is 27.3. The molecule has 0 aromatic rings. The molecule has 0 spiro atoms. The largest absolute Gasteiger partial charge is 0.298 e. The molecule has 0 amide bonds. The van der Waals surface area contributed by atoms with E-state index >= 15 is 0 Å². The highest BCUT2D eigenvalue weighted by atomic mass is 16.1. The van der Waals surface area contributed by atoms with Gasteiger partial charge in [-0.05, 0) is 38.6 Å². The molecule has 1 fully saturated rings. The maximum Gasteiger partial charge on any atom is 0.152 e. The lowest BCUT2D eigenvalue weighted by molar-refractivity contribution is -0.128. The van der Waals surface area contributed by atoms with Crippen LogP contribution in [0.5, 0.6) is 0 Å². The Kier molecular flexibility index (Phi) is 4.54. The predicted octanol–water partition coefficient (Wildman–Crippen LogP) is 2.97. The van der Waals surface area contributed by atoms with Gasteiger partial charge in [-0.1, -0.05) is 27.7 Å². The number of hydrogen-bond donors (Lipinski definition) is 0. The lowest BCUT2D eigenvalue weighted by atomic mass is 9.83. The van der Waals surface area contributed by atoms with Gasteiger partial charge in [0.15, 0.2) is 5.78 Å². The number of hydrogen-bond acceptors (Lipinski definition) is 2. The third kappa shape index (κ3) is 2.65. The summed E-state index contributed by atoms with van der Waals surface area (Å²) in [5, 5.41) is 0. The molecule has 2 heteroatoms. The van der Waals surface area contributed by atoms with Crippen LogP contribution in [0.2, 0.25) is 0 Å². The number of likely N-dealkylation sites (tertiary alicyclic amines) is 1. The van der Waals surface area contributed by atoms with Crippen LogP contribution in [0.3, 0.4) is 0 Å². The third-order valence-corrected chi connectivity index (χ3v) is 3.86. The monoisotopic (exact) mass is 225 g/mol. The highest BCUT2D eigenvalue weighted by Gasteiger charge is 2.41. The third-order valence-electron chi connectivity index (χ3n) is 3.86. The molecular weight excluding hydrogens is 198 g/mol. The highest BCUT2D eigenvalue weighted by molar-refractivity contribution is 5.86. The van der Waals surface area contributed by atoms with Crippen molar-refractivity contribution in [3.05, 3.63) is 0 Å². The first-order valence-electron chi connectivity index (χ1n) is 6.65. The van der Waals surface area contributed by atoms with Gasteiger partial charge in [0.05, 0.1) is 6.04 Å². The maximum atomic E-state index is 12.3. The second-order valence-electron chi connectivity index (χ2n) is 6.03. The first-order chi connectivity index (χ1) is 7.36. The van der Waals surface area contributed by atoms with Gasteiger partial charge in [0.25, 0.3) is 0 Å². The van der Waals surface area contributed by atoms with E-state index in [1.54, 1.807) is 0 Å². The van der Waals surface area contributed by atoms with Crippen molar-refractivity contribution in [2.24, 2.45) is 17.8 Å². The molecule has 1 aliphatic rings. The molecule has 0 N–H and O–H groups in total. The zero-order valence-corrected chi connectivity index (χ0v) is 11.7. The van der Waals surface area contributed by atoms with E-state index < -0.39 is 0 Å². The smallest absolute Gasteiger partial charge is 0.152 e. The Bertz CT molecular complexity index is 229. The van der Waals surface area contributed by atoms with Crippen molar-refractivity contribution in [2.45, 2.75) is 60.0 Å².